The molecule has 0 bridgehead atoms. The van der Waals surface area contributed by atoms with Gasteiger partial charge in [-0.25, -0.2) is 0 Å². The lowest BCUT2D eigenvalue weighted by molar-refractivity contribution is -0.177. The first-order valence-corrected chi connectivity index (χ1v) is 13.2. The van der Waals surface area contributed by atoms with Crippen LogP contribution in [-0.4, -0.2) is 28.2 Å². The molecular formula is C30H50O3. The molecule has 2 fully saturated rings. The van der Waals surface area contributed by atoms with Gasteiger partial charge in [0.15, 0.2) is 0 Å². The highest BCUT2D eigenvalue weighted by atomic mass is 16.3. The molecule has 1 unspecified atom stereocenters. The molecule has 0 radical (unpaired) electrons. The fraction of sp³-hybridized carbons (Fsp3) is 0.767. The Morgan fingerprint density at radius 3 is 2.03 bits per heavy atom. The number of hydrogen-bond donors (Lipinski definition) is 2. The number of carbonyl (C=O) groups is 1. The van der Waals surface area contributed by atoms with Gasteiger partial charge in [0, 0.05) is 11.8 Å². The van der Waals surface area contributed by atoms with E-state index in [9.17, 15) is 9.90 Å². The van der Waals surface area contributed by atoms with Crippen molar-refractivity contribution in [1.82, 2.24) is 0 Å². The predicted molar refractivity (Wildman–Crippen MR) is 139 cm³/mol. The summed E-state index contributed by atoms with van der Waals surface area (Å²) in [5, 5.41) is 20.4. The molecule has 2 saturated carbocycles. The lowest BCUT2D eigenvalue weighted by Crippen LogP contribution is -2.59. The number of hydrogen-bond acceptors (Lipinski definition) is 3. The summed E-state index contributed by atoms with van der Waals surface area (Å²) in [6.45, 7) is 15.2. The Balaban J connectivity index is 1.93. The minimum atomic E-state index is -0.647. The van der Waals surface area contributed by atoms with Crippen LogP contribution in [0.4, 0.5) is 0 Å². The minimum Gasteiger partial charge on any atom is -0.392 e. The zero-order chi connectivity index (χ0) is 24.9. The summed E-state index contributed by atoms with van der Waals surface area (Å²) in [6, 6.07) is 0. The Kier molecular flexibility index (Phi) is 9.77. The second kappa shape index (κ2) is 11.5. The molecule has 2 aliphatic rings. The maximum atomic E-state index is 12.6. The third kappa shape index (κ3) is 6.92. The number of Topliss-reactive ketones (excluding diaryl/α,β-unsaturated/α-hetero) is 1. The molecule has 4 atom stereocenters. The van der Waals surface area contributed by atoms with Gasteiger partial charge in [-0.1, -0.05) is 55.7 Å². The fourth-order valence-electron chi connectivity index (χ4n) is 6.82. The average molecular weight is 459 g/mol. The van der Waals surface area contributed by atoms with Crippen molar-refractivity contribution in [3.05, 3.63) is 34.9 Å². The zero-order valence-corrected chi connectivity index (χ0v) is 22.5. The summed E-state index contributed by atoms with van der Waals surface area (Å²) in [4.78, 5) is 12.6. The van der Waals surface area contributed by atoms with E-state index in [0.29, 0.717) is 18.1 Å². The van der Waals surface area contributed by atoms with Crippen molar-refractivity contribution in [2.24, 2.45) is 22.7 Å². The van der Waals surface area contributed by atoms with Crippen molar-refractivity contribution in [2.45, 2.75) is 118 Å². The van der Waals surface area contributed by atoms with E-state index in [-0.39, 0.29) is 23.4 Å². The predicted octanol–water partition coefficient (Wildman–Crippen LogP) is 7.33. The van der Waals surface area contributed by atoms with Crippen LogP contribution >= 0.6 is 0 Å². The topological polar surface area (TPSA) is 57.5 Å². The number of ketones is 1. The standard InChI is InChI=1S/C30H50O3/c1-22(13-9-15-24(3)21-31)11-8-12-23(2)14-10-16-26-29(6)19-18-27(32)28(4,5)25(29)17-20-30(26,7)33/h11,14-15,25-26,31,33H,8-10,12-13,16-21H2,1-7H3/b22-11+,23-14+,24-15+/t25?,26-,29+,30-/m1/s1. The first kappa shape index (κ1) is 28.1. The van der Waals surface area contributed by atoms with Crippen LogP contribution in [-0.2, 0) is 4.79 Å². The molecule has 2 aliphatic carbocycles. The van der Waals surface area contributed by atoms with Crippen LogP contribution in [0.2, 0.25) is 0 Å². The van der Waals surface area contributed by atoms with E-state index in [1.165, 1.54) is 11.1 Å². The quantitative estimate of drug-likeness (QED) is 0.337. The van der Waals surface area contributed by atoms with Gasteiger partial charge in [0.1, 0.15) is 5.78 Å². The van der Waals surface area contributed by atoms with Gasteiger partial charge in [-0.3, -0.25) is 4.79 Å². The zero-order valence-electron chi connectivity index (χ0n) is 22.5. The number of allylic oxidation sites excluding steroid dienone is 5. The highest BCUT2D eigenvalue weighted by Gasteiger charge is 2.59. The molecule has 2 rings (SSSR count). The van der Waals surface area contributed by atoms with Crippen LogP contribution in [0.3, 0.4) is 0 Å². The summed E-state index contributed by atoms with van der Waals surface area (Å²) in [7, 11) is 0. The summed E-state index contributed by atoms with van der Waals surface area (Å²) >= 11 is 0. The SMILES string of the molecule is C/C(=C\CC/C(C)=C/CC/C(C)=C/CC[C@@H]1[C@@]2(C)CCC(=O)C(C)(C)C2CC[C@@]1(C)O)CO. The van der Waals surface area contributed by atoms with Gasteiger partial charge >= 0.3 is 0 Å². The van der Waals surface area contributed by atoms with Crippen LogP contribution in [0.15, 0.2) is 34.9 Å². The highest BCUT2D eigenvalue weighted by molar-refractivity contribution is 5.85. The molecular weight excluding hydrogens is 408 g/mol. The smallest absolute Gasteiger partial charge is 0.138 e. The van der Waals surface area contributed by atoms with E-state index in [4.69, 9.17) is 5.11 Å². The van der Waals surface area contributed by atoms with Gasteiger partial charge in [0.2, 0.25) is 0 Å². The van der Waals surface area contributed by atoms with Gasteiger partial charge in [0.25, 0.3) is 0 Å². The van der Waals surface area contributed by atoms with Crippen molar-refractivity contribution < 1.29 is 15.0 Å². The molecule has 0 spiro atoms. The minimum absolute atomic E-state index is 0.0313. The molecule has 0 heterocycles. The van der Waals surface area contributed by atoms with Crippen molar-refractivity contribution in [3.63, 3.8) is 0 Å². The van der Waals surface area contributed by atoms with Gasteiger partial charge in [-0.15, -0.1) is 0 Å². The Labute approximate surface area is 203 Å². The van der Waals surface area contributed by atoms with Crippen molar-refractivity contribution >= 4 is 5.78 Å². The normalized spacial score (nSPS) is 33.2. The number of fused-ring (bicyclic) bond motifs is 1. The summed E-state index contributed by atoms with van der Waals surface area (Å²) in [5.41, 5.74) is 2.99. The largest absolute Gasteiger partial charge is 0.392 e. The van der Waals surface area contributed by atoms with Gasteiger partial charge in [-0.2, -0.15) is 0 Å². The molecule has 3 heteroatoms. The van der Waals surface area contributed by atoms with Crippen LogP contribution in [0.5, 0.6) is 0 Å². The van der Waals surface area contributed by atoms with Crippen molar-refractivity contribution in [2.75, 3.05) is 6.61 Å². The number of aliphatic hydroxyl groups excluding tert-OH is 1. The van der Waals surface area contributed by atoms with E-state index in [0.717, 1.165) is 63.4 Å². The van der Waals surface area contributed by atoms with Gasteiger partial charge < -0.3 is 10.2 Å². The Bertz CT molecular complexity index is 767. The van der Waals surface area contributed by atoms with E-state index >= 15 is 0 Å². The second-order valence-corrected chi connectivity index (χ2v) is 12.1. The molecule has 188 valence electrons. The molecule has 0 amide bonds. The fourth-order valence-corrected chi connectivity index (χ4v) is 6.82. The molecule has 0 aromatic carbocycles. The summed E-state index contributed by atoms with van der Waals surface area (Å²) in [6.07, 6.45) is 16.3. The van der Waals surface area contributed by atoms with Crippen molar-refractivity contribution in [3.8, 4) is 0 Å². The summed E-state index contributed by atoms with van der Waals surface area (Å²) < 4.78 is 0. The average Bonchev–Trinajstić information content (AvgIpc) is 2.72. The van der Waals surface area contributed by atoms with Crippen LogP contribution in [0, 0.1) is 22.7 Å². The van der Waals surface area contributed by atoms with Gasteiger partial charge in [-0.05, 0) is 103 Å². The van der Waals surface area contributed by atoms with Crippen LogP contribution in [0.1, 0.15) is 113 Å². The van der Waals surface area contributed by atoms with Gasteiger partial charge in [0.05, 0.1) is 12.2 Å². The second-order valence-electron chi connectivity index (χ2n) is 12.1. The lowest BCUT2D eigenvalue weighted by Gasteiger charge is -2.60. The number of aliphatic hydroxyl groups is 2. The molecule has 2 N–H and O–H groups in total. The Morgan fingerprint density at radius 2 is 1.45 bits per heavy atom. The van der Waals surface area contributed by atoms with E-state index in [1.807, 2.05) is 13.8 Å². The maximum Gasteiger partial charge on any atom is 0.138 e. The number of rotatable bonds is 10. The Morgan fingerprint density at radius 1 is 0.909 bits per heavy atom. The molecule has 3 nitrogen and oxygen atoms in total. The van der Waals surface area contributed by atoms with Crippen molar-refractivity contribution in [1.29, 1.82) is 0 Å². The highest BCUT2D eigenvalue weighted by Crippen LogP contribution is 2.62. The molecule has 0 aliphatic heterocycles. The summed E-state index contributed by atoms with van der Waals surface area (Å²) in [5.74, 6) is 1.01. The van der Waals surface area contributed by atoms with E-state index < -0.39 is 5.60 Å². The van der Waals surface area contributed by atoms with E-state index in [1.54, 1.807) is 0 Å². The third-order valence-corrected chi connectivity index (χ3v) is 9.02. The van der Waals surface area contributed by atoms with Crippen LogP contribution in [0.25, 0.3) is 0 Å². The van der Waals surface area contributed by atoms with E-state index in [2.05, 4.69) is 52.8 Å². The molecule has 0 saturated heterocycles. The first-order chi connectivity index (χ1) is 15.3. The molecule has 0 aromatic heterocycles. The van der Waals surface area contributed by atoms with Crippen LogP contribution < -0.4 is 0 Å². The first-order valence-electron chi connectivity index (χ1n) is 13.2. The number of carbonyl (C=O) groups excluding carboxylic acids is 1. The third-order valence-electron chi connectivity index (χ3n) is 9.02. The maximum absolute atomic E-state index is 12.6. The monoisotopic (exact) mass is 458 g/mol. The molecule has 0 aromatic rings. The Hall–Kier alpha value is -1.19. The molecule has 33 heavy (non-hydrogen) atoms. The lowest BCUT2D eigenvalue weighted by atomic mass is 9.45.